The molecule has 12 heteroatoms. The van der Waals surface area contributed by atoms with Crippen molar-refractivity contribution in [2.75, 3.05) is 11.9 Å². The second kappa shape index (κ2) is 10.4. The van der Waals surface area contributed by atoms with E-state index in [1.165, 1.54) is 18.6 Å². The lowest BCUT2D eigenvalue weighted by Crippen LogP contribution is -2.34. The number of anilines is 1. The summed E-state index contributed by atoms with van der Waals surface area (Å²) in [6, 6.07) is 6.55. The van der Waals surface area contributed by atoms with Crippen molar-refractivity contribution in [2.45, 2.75) is 45.2 Å². The van der Waals surface area contributed by atoms with Gasteiger partial charge in [-0.1, -0.05) is 29.3 Å². The predicted molar refractivity (Wildman–Crippen MR) is 135 cm³/mol. The normalized spacial score (nSPS) is 19.3. The molecule has 192 valence electrons. The average Bonchev–Trinajstić information content (AvgIpc) is 3.47. The monoisotopic (exact) mass is 525 g/mol. The summed E-state index contributed by atoms with van der Waals surface area (Å²) >= 11 is 6.15. The number of hydrogen-bond donors (Lipinski definition) is 3. The number of fused-ring (bicyclic) bond motifs is 1. The first-order valence-electron chi connectivity index (χ1n) is 11.8. The van der Waals surface area contributed by atoms with E-state index in [1.54, 1.807) is 29.0 Å². The number of hydrogen-bond acceptors (Lipinski definition) is 8. The van der Waals surface area contributed by atoms with E-state index in [0.717, 1.165) is 5.56 Å². The minimum Gasteiger partial charge on any atom is -0.388 e. The summed E-state index contributed by atoms with van der Waals surface area (Å²) in [7, 11) is 0. The van der Waals surface area contributed by atoms with Gasteiger partial charge >= 0.3 is 0 Å². The summed E-state index contributed by atoms with van der Waals surface area (Å²) in [5.41, 5.74) is 2.70. The first-order valence-corrected chi connectivity index (χ1v) is 12.2. The fourth-order valence-corrected chi connectivity index (χ4v) is 4.44. The number of benzene rings is 1. The number of aliphatic hydroxyl groups is 1. The molecule has 4 aromatic rings. The van der Waals surface area contributed by atoms with Crippen molar-refractivity contribution in [1.82, 2.24) is 29.8 Å². The van der Waals surface area contributed by atoms with Crippen molar-refractivity contribution in [3.63, 3.8) is 0 Å². The minimum atomic E-state index is -0.964. The van der Waals surface area contributed by atoms with E-state index in [1.807, 2.05) is 13.8 Å². The zero-order valence-corrected chi connectivity index (χ0v) is 20.9. The molecule has 1 aliphatic rings. The van der Waals surface area contributed by atoms with Crippen LogP contribution in [0.15, 0.2) is 43.0 Å². The van der Waals surface area contributed by atoms with Gasteiger partial charge < -0.3 is 20.5 Å². The van der Waals surface area contributed by atoms with Crippen LogP contribution in [0.2, 0.25) is 5.02 Å². The molecule has 1 aromatic carbocycles. The average molecular weight is 526 g/mol. The van der Waals surface area contributed by atoms with Gasteiger partial charge in [0, 0.05) is 43.0 Å². The molecule has 1 amide bonds. The molecule has 0 unspecified atom stereocenters. The number of aliphatic hydroxyl groups excluding tert-OH is 1. The van der Waals surface area contributed by atoms with E-state index >= 15 is 0 Å². The smallest absolute Gasteiger partial charge is 0.249 e. The number of aromatic nitrogens is 5. The van der Waals surface area contributed by atoms with Gasteiger partial charge in [0.1, 0.15) is 18.0 Å². The second-order valence-electron chi connectivity index (χ2n) is 8.77. The summed E-state index contributed by atoms with van der Waals surface area (Å²) < 4.78 is 21.9. The van der Waals surface area contributed by atoms with Crippen LogP contribution in [0.1, 0.15) is 30.7 Å². The summed E-state index contributed by atoms with van der Waals surface area (Å²) in [4.78, 5) is 30.2. The Kier molecular flexibility index (Phi) is 7.00. The third-order valence-corrected chi connectivity index (χ3v) is 6.24. The number of nitrogens with one attached hydrogen (secondary N) is 2. The van der Waals surface area contributed by atoms with Crippen LogP contribution in [0.25, 0.3) is 22.6 Å². The van der Waals surface area contributed by atoms with Crippen LogP contribution < -0.4 is 10.6 Å². The van der Waals surface area contributed by atoms with Crippen LogP contribution >= 0.6 is 11.6 Å². The zero-order valence-electron chi connectivity index (χ0n) is 20.2. The molecule has 0 spiro atoms. The minimum absolute atomic E-state index is 0.129. The molecule has 1 fully saturated rings. The zero-order chi connectivity index (χ0) is 26.1. The van der Waals surface area contributed by atoms with E-state index in [4.69, 9.17) is 16.3 Å². The molecule has 0 radical (unpaired) electrons. The quantitative estimate of drug-likeness (QED) is 0.335. The summed E-state index contributed by atoms with van der Waals surface area (Å²) in [6.45, 7) is 4.30. The van der Waals surface area contributed by atoms with Crippen molar-refractivity contribution < 1.29 is 19.0 Å². The van der Waals surface area contributed by atoms with Crippen LogP contribution in [0.4, 0.5) is 10.2 Å². The molecule has 0 aliphatic carbocycles. The fourth-order valence-electron chi connectivity index (χ4n) is 4.27. The van der Waals surface area contributed by atoms with Gasteiger partial charge in [-0.15, -0.1) is 0 Å². The highest BCUT2D eigenvalue weighted by Crippen LogP contribution is 2.33. The third-order valence-electron chi connectivity index (χ3n) is 6.04. The van der Waals surface area contributed by atoms with Gasteiger partial charge in [-0.05, 0) is 26.0 Å². The van der Waals surface area contributed by atoms with E-state index < -0.39 is 18.4 Å². The number of aryl methyl sites for hydroxylation is 1. The molecule has 5 rings (SSSR count). The number of amides is 1. The maximum Gasteiger partial charge on any atom is 0.249 e. The van der Waals surface area contributed by atoms with Gasteiger partial charge in [0.2, 0.25) is 5.91 Å². The SMILES string of the molecule is CCNC(=O)[C@@H]1C[C@@H](O)[C@H](n2cnc3c(NCc4cc(C)ccc4F)nc(-c4cncc(Cl)c4)nc32)O1. The Hall–Kier alpha value is -3.67. The lowest BCUT2D eigenvalue weighted by molar-refractivity contribution is -0.134. The Morgan fingerprint density at radius 2 is 2.14 bits per heavy atom. The number of imidazole rings is 1. The Morgan fingerprint density at radius 3 is 2.92 bits per heavy atom. The van der Waals surface area contributed by atoms with Crippen molar-refractivity contribution >= 4 is 34.5 Å². The maximum absolute atomic E-state index is 14.4. The maximum atomic E-state index is 14.4. The lowest BCUT2D eigenvalue weighted by Gasteiger charge is -2.17. The van der Waals surface area contributed by atoms with Gasteiger partial charge in [-0.2, -0.15) is 0 Å². The molecule has 1 aliphatic heterocycles. The van der Waals surface area contributed by atoms with Crippen LogP contribution in [-0.2, 0) is 16.1 Å². The topological polar surface area (TPSA) is 127 Å². The largest absolute Gasteiger partial charge is 0.388 e. The summed E-state index contributed by atoms with van der Waals surface area (Å²) in [5, 5.41) is 17.0. The number of pyridine rings is 1. The number of ether oxygens (including phenoxy) is 1. The molecular weight excluding hydrogens is 501 g/mol. The first-order chi connectivity index (χ1) is 17.8. The number of carbonyl (C=O) groups excluding carboxylic acids is 1. The molecule has 3 atom stereocenters. The molecule has 3 aromatic heterocycles. The van der Waals surface area contributed by atoms with Gasteiger partial charge in [-0.25, -0.2) is 19.3 Å². The van der Waals surface area contributed by atoms with Crippen molar-refractivity contribution in [1.29, 1.82) is 0 Å². The number of likely N-dealkylation sites (N-methyl/N-ethyl adjacent to an activating group) is 1. The van der Waals surface area contributed by atoms with Gasteiger partial charge in [0.25, 0.3) is 0 Å². The number of nitrogens with zero attached hydrogens (tertiary/aromatic N) is 5. The molecule has 3 N–H and O–H groups in total. The molecule has 37 heavy (non-hydrogen) atoms. The Morgan fingerprint density at radius 1 is 1.30 bits per heavy atom. The molecule has 4 heterocycles. The first kappa shape index (κ1) is 25.0. The fraction of sp³-hybridized carbons (Fsp3) is 0.320. The highest BCUT2D eigenvalue weighted by Gasteiger charge is 2.40. The van der Waals surface area contributed by atoms with Gasteiger partial charge in [-0.3, -0.25) is 14.3 Å². The van der Waals surface area contributed by atoms with Crippen molar-refractivity contribution in [3.05, 3.63) is 65.0 Å². The van der Waals surface area contributed by atoms with Crippen LogP contribution in [0, 0.1) is 12.7 Å². The van der Waals surface area contributed by atoms with Gasteiger partial charge in [0.05, 0.1) is 11.3 Å². The van der Waals surface area contributed by atoms with Crippen molar-refractivity contribution in [3.8, 4) is 11.4 Å². The Bertz CT molecular complexity index is 1460. The number of halogens is 2. The number of rotatable bonds is 7. The highest BCUT2D eigenvalue weighted by atomic mass is 35.5. The summed E-state index contributed by atoms with van der Waals surface area (Å²) in [6.07, 6.45) is 2.02. The molecule has 10 nitrogen and oxygen atoms in total. The molecule has 1 saturated heterocycles. The van der Waals surface area contributed by atoms with Crippen molar-refractivity contribution in [2.24, 2.45) is 0 Å². The molecule has 0 saturated carbocycles. The third kappa shape index (κ3) is 5.10. The standard InChI is InChI=1S/C25H25ClFN7O3/c1-3-29-24(36)19-8-18(35)25(37-19)34-12-31-20-22(30-10-14-6-13(2)4-5-17(14)27)32-21(33-23(20)34)15-7-16(26)11-28-9-15/h4-7,9,11-12,18-19,25,35H,3,8,10H2,1-2H3,(H,29,36)(H,30,32,33)/t18-,19+,25-/m1/s1. The van der Waals surface area contributed by atoms with E-state index in [-0.39, 0.29) is 24.7 Å². The van der Waals surface area contributed by atoms with Crippen LogP contribution in [-0.4, -0.2) is 54.3 Å². The molecular formula is C25H25ClFN7O3. The van der Waals surface area contributed by atoms with Gasteiger partial charge in [0.15, 0.2) is 29.0 Å². The van der Waals surface area contributed by atoms with Crippen LogP contribution in [0.3, 0.4) is 0 Å². The van der Waals surface area contributed by atoms with Crippen LogP contribution in [0.5, 0.6) is 0 Å². The number of carbonyl (C=O) groups is 1. The predicted octanol–water partition coefficient (Wildman–Crippen LogP) is 3.39. The van der Waals surface area contributed by atoms with E-state index in [2.05, 4.69) is 30.6 Å². The van der Waals surface area contributed by atoms with E-state index in [0.29, 0.717) is 45.5 Å². The second-order valence-corrected chi connectivity index (χ2v) is 9.21. The Balaban J connectivity index is 1.55. The lowest BCUT2D eigenvalue weighted by atomic mass is 10.1. The molecule has 0 bridgehead atoms. The Labute approximate surface area is 216 Å². The van der Waals surface area contributed by atoms with E-state index in [9.17, 15) is 14.3 Å². The highest BCUT2D eigenvalue weighted by molar-refractivity contribution is 6.30. The summed E-state index contributed by atoms with van der Waals surface area (Å²) in [5.74, 6) is 0.0139.